The van der Waals surface area contributed by atoms with Crippen molar-refractivity contribution in [1.82, 2.24) is 0 Å². The first-order valence-electron chi connectivity index (χ1n) is 5.35. The Labute approximate surface area is 113 Å². The van der Waals surface area contributed by atoms with Crippen molar-refractivity contribution in [3.05, 3.63) is 23.8 Å². The Balaban J connectivity index is 2.99. The maximum atomic E-state index is 11.1. The second kappa shape index (κ2) is 6.12. The summed E-state index contributed by atoms with van der Waals surface area (Å²) in [6, 6.07) is 7.78. The molecule has 0 unspecified atom stereocenters. The standard InChI is InChI=1S/C12H16N2O2S2/c1-14(7-8-18(3,15)16)11-5-4-6-12(17-2)10(11)9-13/h4-6H,7-8H2,1-3H3. The topological polar surface area (TPSA) is 61.2 Å². The van der Waals surface area contributed by atoms with E-state index in [0.717, 1.165) is 10.6 Å². The minimum absolute atomic E-state index is 0.0812. The number of hydrogen-bond donors (Lipinski definition) is 0. The van der Waals surface area contributed by atoms with Crippen LogP contribution in [-0.2, 0) is 9.84 Å². The Kier molecular flexibility index (Phi) is 5.05. The molecule has 0 aliphatic heterocycles. The highest BCUT2D eigenvalue weighted by Crippen LogP contribution is 2.28. The van der Waals surface area contributed by atoms with Crippen LogP contribution >= 0.6 is 11.8 Å². The van der Waals surface area contributed by atoms with E-state index in [4.69, 9.17) is 0 Å². The van der Waals surface area contributed by atoms with Crippen LogP contribution in [0.1, 0.15) is 5.56 Å². The quantitative estimate of drug-likeness (QED) is 0.771. The van der Waals surface area contributed by atoms with Crippen molar-refractivity contribution in [2.24, 2.45) is 0 Å². The van der Waals surface area contributed by atoms with Crippen LogP contribution in [0.2, 0.25) is 0 Å². The van der Waals surface area contributed by atoms with Crippen LogP contribution in [0.25, 0.3) is 0 Å². The summed E-state index contributed by atoms with van der Waals surface area (Å²) in [7, 11) is -1.20. The Morgan fingerprint density at radius 1 is 1.44 bits per heavy atom. The zero-order valence-electron chi connectivity index (χ0n) is 10.7. The number of sulfone groups is 1. The molecule has 0 aliphatic carbocycles. The third kappa shape index (κ3) is 3.93. The molecule has 4 nitrogen and oxygen atoms in total. The lowest BCUT2D eigenvalue weighted by Crippen LogP contribution is -2.25. The van der Waals surface area contributed by atoms with Gasteiger partial charge in [0.05, 0.1) is 17.0 Å². The van der Waals surface area contributed by atoms with Crippen molar-refractivity contribution in [3.63, 3.8) is 0 Å². The molecule has 0 spiro atoms. The van der Waals surface area contributed by atoms with Gasteiger partial charge in [-0.05, 0) is 18.4 Å². The first-order valence-corrected chi connectivity index (χ1v) is 8.63. The molecule has 0 aliphatic rings. The van der Waals surface area contributed by atoms with Crippen molar-refractivity contribution >= 4 is 27.3 Å². The summed E-state index contributed by atoms with van der Waals surface area (Å²) in [5, 5.41) is 9.20. The maximum Gasteiger partial charge on any atom is 0.149 e. The van der Waals surface area contributed by atoms with E-state index in [1.54, 1.807) is 11.9 Å². The number of rotatable bonds is 5. The number of nitrogens with zero attached hydrogens (tertiary/aromatic N) is 2. The number of benzene rings is 1. The molecule has 1 aromatic rings. The Morgan fingerprint density at radius 2 is 2.11 bits per heavy atom. The normalized spacial score (nSPS) is 11.0. The van der Waals surface area contributed by atoms with Crippen LogP contribution in [0.4, 0.5) is 5.69 Å². The van der Waals surface area contributed by atoms with Gasteiger partial charge in [-0.15, -0.1) is 11.8 Å². The zero-order chi connectivity index (χ0) is 13.8. The summed E-state index contributed by atoms with van der Waals surface area (Å²) in [5.74, 6) is 0.0812. The fraction of sp³-hybridized carbons (Fsp3) is 0.417. The van der Waals surface area contributed by atoms with Gasteiger partial charge in [-0.25, -0.2) is 8.42 Å². The molecule has 0 atom stereocenters. The summed E-state index contributed by atoms with van der Waals surface area (Å²) < 4.78 is 22.3. The smallest absolute Gasteiger partial charge is 0.149 e. The zero-order valence-corrected chi connectivity index (χ0v) is 12.3. The largest absolute Gasteiger partial charge is 0.372 e. The minimum Gasteiger partial charge on any atom is -0.372 e. The fourth-order valence-corrected chi connectivity index (χ4v) is 2.72. The Bertz CT molecular complexity index is 562. The van der Waals surface area contributed by atoms with Crippen LogP contribution in [0.5, 0.6) is 0 Å². The van der Waals surface area contributed by atoms with Gasteiger partial charge in [0, 0.05) is 24.7 Å². The maximum absolute atomic E-state index is 11.1. The highest BCUT2D eigenvalue weighted by atomic mass is 32.2. The number of hydrogen-bond acceptors (Lipinski definition) is 5. The van der Waals surface area contributed by atoms with Gasteiger partial charge in [0.2, 0.25) is 0 Å². The van der Waals surface area contributed by atoms with Gasteiger partial charge in [-0.2, -0.15) is 5.26 Å². The second-order valence-corrected chi connectivity index (χ2v) is 7.13. The minimum atomic E-state index is -2.99. The third-order valence-corrected chi connectivity index (χ3v) is 4.25. The first kappa shape index (κ1) is 14.9. The monoisotopic (exact) mass is 284 g/mol. The number of thioether (sulfide) groups is 1. The van der Waals surface area contributed by atoms with Crippen LogP contribution in [0, 0.1) is 11.3 Å². The fourth-order valence-electron chi connectivity index (χ4n) is 1.54. The van der Waals surface area contributed by atoms with E-state index in [1.165, 1.54) is 18.0 Å². The highest BCUT2D eigenvalue weighted by Gasteiger charge is 2.12. The molecule has 0 N–H and O–H groups in total. The van der Waals surface area contributed by atoms with Crippen molar-refractivity contribution < 1.29 is 8.42 Å². The van der Waals surface area contributed by atoms with Crippen molar-refractivity contribution in [3.8, 4) is 6.07 Å². The Hall–Kier alpha value is -1.19. The molecule has 0 aromatic heterocycles. The molecular formula is C12H16N2O2S2. The van der Waals surface area contributed by atoms with Gasteiger partial charge < -0.3 is 4.90 Å². The summed E-state index contributed by atoms with van der Waals surface area (Å²) in [6.07, 6.45) is 3.13. The van der Waals surface area contributed by atoms with E-state index in [9.17, 15) is 13.7 Å². The van der Waals surface area contributed by atoms with Gasteiger partial charge in [0.1, 0.15) is 15.9 Å². The van der Waals surface area contributed by atoms with Crippen molar-refractivity contribution in [2.75, 3.05) is 36.8 Å². The van der Waals surface area contributed by atoms with Crippen LogP contribution in [-0.4, -0.2) is 40.3 Å². The molecule has 0 heterocycles. The summed E-state index contributed by atoms with van der Waals surface area (Å²) in [4.78, 5) is 2.71. The molecule has 98 valence electrons. The van der Waals surface area contributed by atoms with E-state index in [2.05, 4.69) is 6.07 Å². The molecule has 0 saturated heterocycles. The van der Waals surface area contributed by atoms with Gasteiger partial charge in [0.25, 0.3) is 0 Å². The predicted molar refractivity (Wildman–Crippen MR) is 75.9 cm³/mol. The molecule has 6 heteroatoms. The van der Waals surface area contributed by atoms with Gasteiger partial charge in [0.15, 0.2) is 0 Å². The van der Waals surface area contributed by atoms with Crippen LogP contribution in [0.15, 0.2) is 23.1 Å². The lowest BCUT2D eigenvalue weighted by Gasteiger charge is -2.21. The molecule has 0 fully saturated rings. The third-order valence-electron chi connectivity index (χ3n) is 2.54. The molecule has 1 aromatic carbocycles. The van der Waals surface area contributed by atoms with E-state index >= 15 is 0 Å². The summed E-state index contributed by atoms with van der Waals surface area (Å²) >= 11 is 1.51. The lowest BCUT2D eigenvalue weighted by molar-refractivity contribution is 0.601. The average Bonchev–Trinajstić information content (AvgIpc) is 2.33. The van der Waals surface area contributed by atoms with Crippen LogP contribution < -0.4 is 4.90 Å². The number of nitriles is 1. The van der Waals surface area contributed by atoms with Crippen molar-refractivity contribution in [1.29, 1.82) is 5.26 Å². The molecule has 0 radical (unpaired) electrons. The van der Waals surface area contributed by atoms with Crippen molar-refractivity contribution in [2.45, 2.75) is 4.90 Å². The SMILES string of the molecule is CSc1cccc(N(C)CCS(C)(=O)=O)c1C#N. The molecule has 1 rings (SSSR count). The number of anilines is 1. The molecule has 0 amide bonds. The summed E-state index contributed by atoms with van der Waals surface area (Å²) in [5.41, 5.74) is 1.37. The van der Waals surface area contributed by atoms with Gasteiger partial charge in [-0.1, -0.05) is 6.07 Å². The molecule has 0 saturated carbocycles. The van der Waals surface area contributed by atoms with Gasteiger partial charge >= 0.3 is 0 Å². The predicted octanol–water partition coefficient (Wildman–Crippen LogP) is 1.76. The first-order chi connectivity index (χ1) is 8.39. The summed E-state index contributed by atoms with van der Waals surface area (Å²) in [6.45, 7) is 0.380. The van der Waals surface area contributed by atoms with Gasteiger partial charge in [-0.3, -0.25) is 0 Å². The van der Waals surface area contributed by atoms with Crippen LogP contribution in [0.3, 0.4) is 0 Å². The van der Waals surface area contributed by atoms with E-state index in [0.29, 0.717) is 12.1 Å². The highest BCUT2D eigenvalue weighted by molar-refractivity contribution is 7.98. The molecule has 18 heavy (non-hydrogen) atoms. The molecular weight excluding hydrogens is 268 g/mol. The Morgan fingerprint density at radius 3 is 2.61 bits per heavy atom. The van der Waals surface area contributed by atoms with E-state index < -0.39 is 9.84 Å². The molecule has 0 bridgehead atoms. The second-order valence-electron chi connectivity index (χ2n) is 4.02. The average molecular weight is 284 g/mol. The van der Waals surface area contributed by atoms with E-state index in [-0.39, 0.29) is 5.75 Å². The van der Waals surface area contributed by atoms with E-state index in [1.807, 2.05) is 24.5 Å². The lowest BCUT2D eigenvalue weighted by atomic mass is 10.2.